The van der Waals surface area contributed by atoms with E-state index < -0.39 is 0 Å². The Kier molecular flexibility index (Phi) is 3.97. The summed E-state index contributed by atoms with van der Waals surface area (Å²) < 4.78 is 5.33. The maximum atomic E-state index is 9.39. The van der Waals surface area contributed by atoms with Gasteiger partial charge in [-0.3, -0.25) is 0 Å². The van der Waals surface area contributed by atoms with Crippen LogP contribution in [0.4, 0.5) is 0 Å². The van der Waals surface area contributed by atoms with Crippen LogP contribution in [0.1, 0.15) is 63.0 Å². The van der Waals surface area contributed by atoms with Gasteiger partial charge in [0.2, 0.25) is 0 Å². The molecular weight excluding hydrogens is 313 g/mol. The summed E-state index contributed by atoms with van der Waals surface area (Å²) in [4.78, 5) is 0. The Bertz CT molecular complexity index is 747. The summed E-state index contributed by atoms with van der Waals surface area (Å²) in [7, 11) is 2.35. The van der Waals surface area contributed by atoms with E-state index in [1.54, 1.807) is 5.56 Å². The van der Waals surface area contributed by atoms with Gasteiger partial charge in [0.25, 0.3) is 0 Å². The molecule has 3 aliphatic rings. The lowest BCUT2D eigenvalue weighted by molar-refractivity contribution is 0.0810. The number of hydrogen-bond acceptors (Lipinski definition) is 2. The normalized spacial score (nSPS) is 36.2. The van der Waals surface area contributed by atoms with Gasteiger partial charge in [-0.2, -0.15) is 5.26 Å². The van der Waals surface area contributed by atoms with Crippen LogP contribution in [0.15, 0.2) is 29.3 Å². The number of hydrogen-bond donors (Lipinski definition) is 0. The Morgan fingerprint density at radius 2 is 2.12 bits per heavy atom. The van der Waals surface area contributed by atoms with Crippen molar-refractivity contribution in [2.75, 3.05) is 0 Å². The van der Waals surface area contributed by atoms with E-state index in [0.29, 0.717) is 5.92 Å². The molecule has 0 radical (unpaired) electrons. The average molecular weight is 339 g/mol. The van der Waals surface area contributed by atoms with Crippen molar-refractivity contribution in [1.82, 2.24) is 0 Å². The van der Waals surface area contributed by atoms with Gasteiger partial charge in [0, 0.05) is 5.57 Å². The highest BCUT2D eigenvalue weighted by Gasteiger charge is 2.52. The van der Waals surface area contributed by atoms with Crippen LogP contribution >= 0.6 is 9.47 Å². The molecule has 126 valence electrons. The molecule has 5 atom stereocenters. The van der Waals surface area contributed by atoms with Crippen LogP contribution in [-0.4, -0.2) is 0 Å². The smallest absolute Gasteiger partial charge is 0.122 e. The zero-order chi connectivity index (χ0) is 16.9. The number of nitriles is 1. The molecule has 2 saturated carbocycles. The zero-order valence-electron chi connectivity index (χ0n) is 14.6. The molecule has 0 saturated heterocycles. The van der Waals surface area contributed by atoms with Crippen LogP contribution in [-0.2, 0) is 6.42 Å². The average Bonchev–Trinajstić information content (AvgIpc) is 2.97. The van der Waals surface area contributed by atoms with E-state index in [0.717, 1.165) is 29.6 Å². The van der Waals surface area contributed by atoms with Crippen LogP contribution in [0.3, 0.4) is 0 Å². The number of nitrogens with zero attached hydrogens (tertiary/aromatic N) is 1. The molecule has 3 heteroatoms. The van der Waals surface area contributed by atoms with E-state index in [4.69, 9.17) is 4.52 Å². The number of fused-ring (bicyclic) bond motifs is 5. The minimum absolute atomic E-state index is 0.265. The summed E-state index contributed by atoms with van der Waals surface area (Å²) in [6.07, 6.45) is 7.35. The minimum Gasteiger partial charge on any atom is -0.480 e. The lowest BCUT2D eigenvalue weighted by Crippen LogP contribution is -2.40. The second-order valence-electron chi connectivity index (χ2n) is 8.10. The summed E-state index contributed by atoms with van der Waals surface area (Å²) in [6, 6.07) is 9.08. The van der Waals surface area contributed by atoms with Crippen molar-refractivity contribution in [3.8, 4) is 11.8 Å². The fraction of sp³-hybridized carbons (Fsp3) is 0.571. The number of aryl methyl sites for hydroxylation is 1. The number of allylic oxidation sites excluding steroid dienone is 2. The van der Waals surface area contributed by atoms with Crippen molar-refractivity contribution in [3.05, 3.63) is 40.5 Å². The Morgan fingerprint density at radius 3 is 2.88 bits per heavy atom. The third kappa shape index (κ3) is 2.25. The van der Waals surface area contributed by atoms with Gasteiger partial charge in [0.05, 0.1) is 15.5 Å². The first-order valence-corrected chi connectivity index (χ1v) is 9.65. The molecule has 5 unspecified atom stereocenters. The quantitative estimate of drug-likeness (QED) is 0.496. The van der Waals surface area contributed by atoms with Gasteiger partial charge in [-0.05, 0) is 91.9 Å². The SMILES string of the molecule is C/C(C#N)=C1/CCC2C3CCc4cc(OP)ccc4C3CCC12C. The zero-order valence-corrected chi connectivity index (χ0v) is 15.8. The first-order chi connectivity index (χ1) is 11.6. The highest BCUT2D eigenvalue weighted by Crippen LogP contribution is 2.63. The van der Waals surface area contributed by atoms with Crippen molar-refractivity contribution in [3.63, 3.8) is 0 Å². The summed E-state index contributed by atoms with van der Waals surface area (Å²) in [5.74, 6) is 3.18. The van der Waals surface area contributed by atoms with E-state index in [-0.39, 0.29) is 5.41 Å². The third-order valence-corrected chi connectivity index (χ3v) is 7.51. The van der Waals surface area contributed by atoms with Gasteiger partial charge < -0.3 is 4.52 Å². The molecular formula is C21H26NOP. The fourth-order valence-electron chi connectivity index (χ4n) is 6.13. The maximum absolute atomic E-state index is 9.39. The summed E-state index contributed by atoms with van der Waals surface area (Å²) in [5.41, 5.74) is 5.76. The molecule has 4 rings (SSSR count). The molecule has 0 heterocycles. The molecule has 3 aliphatic carbocycles. The van der Waals surface area contributed by atoms with Gasteiger partial charge in [-0.1, -0.05) is 18.6 Å². The molecule has 1 aromatic rings. The molecule has 2 fully saturated rings. The van der Waals surface area contributed by atoms with Crippen LogP contribution < -0.4 is 4.52 Å². The van der Waals surface area contributed by atoms with Crippen molar-refractivity contribution in [2.45, 2.75) is 58.3 Å². The second kappa shape index (κ2) is 5.89. The minimum atomic E-state index is 0.265. The molecule has 0 aromatic heterocycles. The third-order valence-electron chi connectivity index (χ3n) is 7.24. The first-order valence-electron chi connectivity index (χ1n) is 9.18. The molecule has 2 nitrogen and oxygen atoms in total. The van der Waals surface area contributed by atoms with Crippen molar-refractivity contribution in [1.29, 1.82) is 5.26 Å². The van der Waals surface area contributed by atoms with Crippen LogP contribution in [0.2, 0.25) is 0 Å². The van der Waals surface area contributed by atoms with E-state index in [1.807, 2.05) is 6.92 Å². The molecule has 0 bridgehead atoms. The predicted molar refractivity (Wildman–Crippen MR) is 99.7 cm³/mol. The molecule has 0 aliphatic heterocycles. The Hall–Kier alpha value is -1.32. The van der Waals surface area contributed by atoms with Gasteiger partial charge >= 0.3 is 0 Å². The second-order valence-corrected chi connectivity index (χ2v) is 8.34. The predicted octanol–water partition coefficient (Wildman–Crippen LogP) is 5.55. The number of rotatable bonds is 1. The van der Waals surface area contributed by atoms with Gasteiger partial charge in [-0.15, -0.1) is 0 Å². The summed E-state index contributed by atoms with van der Waals surface area (Å²) >= 11 is 0. The van der Waals surface area contributed by atoms with E-state index in [2.05, 4.69) is 40.7 Å². The largest absolute Gasteiger partial charge is 0.480 e. The van der Waals surface area contributed by atoms with E-state index in [9.17, 15) is 5.26 Å². The highest BCUT2D eigenvalue weighted by molar-refractivity contribution is 7.10. The van der Waals surface area contributed by atoms with Crippen molar-refractivity contribution in [2.24, 2.45) is 17.3 Å². The fourth-order valence-corrected chi connectivity index (χ4v) is 6.27. The topological polar surface area (TPSA) is 33.0 Å². The number of benzene rings is 1. The summed E-state index contributed by atoms with van der Waals surface area (Å²) in [6.45, 7) is 4.47. The molecule has 0 N–H and O–H groups in total. The van der Waals surface area contributed by atoms with Crippen molar-refractivity contribution < 1.29 is 4.52 Å². The van der Waals surface area contributed by atoms with Gasteiger partial charge in [0.15, 0.2) is 0 Å². The van der Waals surface area contributed by atoms with Crippen LogP contribution in [0.25, 0.3) is 0 Å². The molecule has 24 heavy (non-hydrogen) atoms. The Labute approximate surface area is 147 Å². The Balaban J connectivity index is 1.69. The Morgan fingerprint density at radius 1 is 1.29 bits per heavy atom. The van der Waals surface area contributed by atoms with E-state index in [1.165, 1.54) is 43.2 Å². The summed E-state index contributed by atoms with van der Waals surface area (Å²) in [5, 5.41) is 9.39. The lowest BCUT2D eigenvalue weighted by Gasteiger charge is -2.49. The van der Waals surface area contributed by atoms with E-state index >= 15 is 0 Å². The monoisotopic (exact) mass is 339 g/mol. The van der Waals surface area contributed by atoms with Crippen molar-refractivity contribution >= 4 is 9.47 Å². The standard InChI is InChI=1S/C21H26NOP/c1-13(12-22)19-7-8-20-18-5-3-14-11-15(23-24)4-6-16(14)17(18)9-10-21(19,20)2/h4,6,11,17-18,20H,3,5,7-10,24H2,1-2H3/b19-13+. The molecule has 0 spiro atoms. The van der Waals surface area contributed by atoms with Crippen LogP contribution in [0.5, 0.6) is 5.75 Å². The van der Waals surface area contributed by atoms with Crippen LogP contribution in [0, 0.1) is 28.6 Å². The lowest BCUT2D eigenvalue weighted by atomic mass is 9.55. The molecule has 1 aromatic carbocycles. The highest BCUT2D eigenvalue weighted by atomic mass is 31.0. The molecule has 0 amide bonds. The van der Waals surface area contributed by atoms with Gasteiger partial charge in [0.1, 0.15) is 5.75 Å². The van der Waals surface area contributed by atoms with Gasteiger partial charge in [-0.25, -0.2) is 0 Å². The first kappa shape index (κ1) is 16.2. The maximum Gasteiger partial charge on any atom is 0.122 e.